The summed E-state index contributed by atoms with van der Waals surface area (Å²) < 4.78 is 42.7. The van der Waals surface area contributed by atoms with Crippen LogP contribution >= 0.6 is 11.6 Å². The lowest BCUT2D eigenvalue weighted by atomic mass is 10.2. The van der Waals surface area contributed by atoms with Gasteiger partial charge >= 0.3 is 5.97 Å². The molecule has 25 heavy (non-hydrogen) atoms. The van der Waals surface area contributed by atoms with Gasteiger partial charge in [0, 0.05) is 6.07 Å². The van der Waals surface area contributed by atoms with E-state index in [1.807, 2.05) is 0 Å². The van der Waals surface area contributed by atoms with Gasteiger partial charge in [-0.15, -0.1) is 0 Å². The molecule has 0 unspecified atom stereocenters. The number of carboxylic acid groups (broad SMARTS) is 1. The Balaban J connectivity index is 2.33. The van der Waals surface area contributed by atoms with E-state index in [2.05, 4.69) is 5.32 Å². The molecule has 2 aromatic carbocycles. The highest BCUT2D eigenvalue weighted by Gasteiger charge is 2.15. The molecule has 0 saturated heterocycles. The Morgan fingerprint density at radius 2 is 1.96 bits per heavy atom. The van der Waals surface area contributed by atoms with Crippen LogP contribution in [0.4, 0.5) is 10.1 Å². The molecule has 0 amide bonds. The molecule has 0 spiro atoms. The molecule has 134 valence electrons. The molecule has 0 aliphatic carbocycles. The lowest BCUT2D eigenvalue weighted by Crippen LogP contribution is -2.12. The molecule has 0 aromatic heterocycles. The maximum atomic E-state index is 13.5. The first kappa shape index (κ1) is 19.0. The minimum atomic E-state index is -3.42. The van der Waals surface area contributed by atoms with E-state index < -0.39 is 21.6 Å². The van der Waals surface area contributed by atoms with E-state index in [0.29, 0.717) is 0 Å². The summed E-state index contributed by atoms with van der Waals surface area (Å²) in [7, 11) is -3.42. The molecule has 2 N–H and O–H groups in total. The second-order valence-corrected chi connectivity index (χ2v) is 7.67. The molecule has 0 aliphatic heterocycles. The average Bonchev–Trinajstić information content (AvgIpc) is 2.55. The van der Waals surface area contributed by atoms with Crippen LogP contribution in [0.15, 0.2) is 41.3 Å². The Morgan fingerprint density at radius 3 is 2.56 bits per heavy atom. The van der Waals surface area contributed by atoms with E-state index >= 15 is 0 Å². The van der Waals surface area contributed by atoms with E-state index in [9.17, 15) is 17.6 Å². The summed E-state index contributed by atoms with van der Waals surface area (Å²) in [5, 5.41) is 11.4. The fourth-order valence-corrected chi connectivity index (χ4v) is 3.13. The topological polar surface area (TPSA) is 92.7 Å². The van der Waals surface area contributed by atoms with Gasteiger partial charge in [-0.25, -0.2) is 12.8 Å². The van der Waals surface area contributed by atoms with Crippen LogP contribution in [-0.4, -0.2) is 31.8 Å². The number of carbonyl (C=O) groups is 1. The van der Waals surface area contributed by atoms with Gasteiger partial charge in [-0.05, 0) is 30.3 Å². The van der Waals surface area contributed by atoms with Crippen molar-refractivity contribution in [2.45, 2.75) is 11.8 Å². The number of ether oxygens (including phenoxy) is 1. The third-order valence-corrected chi connectivity index (χ3v) is 5.26. The summed E-state index contributed by atoms with van der Waals surface area (Å²) in [6.07, 6.45) is 0. The van der Waals surface area contributed by atoms with Crippen molar-refractivity contribution in [2.24, 2.45) is 0 Å². The quantitative estimate of drug-likeness (QED) is 0.754. The van der Waals surface area contributed by atoms with Crippen LogP contribution in [0.3, 0.4) is 0 Å². The number of carboxylic acids is 1. The summed E-state index contributed by atoms with van der Waals surface area (Å²) in [5.41, 5.74) is 0.255. The molecule has 0 saturated carbocycles. The van der Waals surface area contributed by atoms with Crippen LogP contribution in [-0.2, 0) is 14.6 Å². The SMILES string of the molecule is CCS(=O)(=O)c1ccc(Oc2cc(F)ccc2NCC(=O)O)c(Cl)c1. The fourth-order valence-electron chi connectivity index (χ4n) is 1.94. The number of aliphatic carboxylic acids is 1. The maximum absolute atomic E-state index is 13.5. The van der Waals surface area contributed by atoms with Crippen molar-refractivity contribution in [3.05, 3.63) is 47.2 Å². The first-order valence-corrected chi connectivity index (χ1v) is 9.21. The molecular formula is C16H15ClFNO5S. The Kier molecular flexibility index (Phi) is 5.86. The zero-order valence-electron chi connectivity index (χ0n) is 13.1. The van der Waals surface area contributed by atoms with Crippen LogP contribution in [0, 0.1) is 5.82 Å². The van der Waals surface area contributed by atoms with Crippen molar-refractivity contribution >= 4 is 33.1 Å². The van der Waals surface area contributed by atoms with E-state index in [1.165, 1.54) is 31.2 Å². The highest BCUT2D eigenvalue weighted by Crippen LogP contribution is 2.35. The van der Waals surface area contributed by atoms with Crippen LogP contribution in [0.2, 0.25) is 5.02 Å². The van der Waals surface area contributed by atoms with Crippen LogP contribution in [0.5, 0.6) is 11.5 Å². The van der Waals surface area contributed by atoms with Crippen molar-refractivity contribution in [1.82, 2.24) is 0 Å². The predicted molar refractivity (Wildman–Crippen MR) is 91.8 cm³/mol. The molecule has 0 bridgehead atoms. The molecule has 9 heteroatoms. The monoisotopic (exact) mass is 387 g/mol. The minimum absolute atomic E-state index is 0.0225. The summed E-state index contributed by atoms with van der Waals surface area (Å²) in [5.74, 6) is -1.62. The molecule has 2 aromatic rings. The van der Waals surface area contributed by atoms with Crippen LogP contribution in [0.25, 0.3) is 0 Å². The Hall–Kier alpha value is -2.32. The fraction of sp³-hybridized carbons (Fsp3) is 0.188. The van der Waals surface area contributed by atoms with Crippen LogP contribution in [0.1, 0.15) is 6.92 Å². The minimum Gasteiger partial charge on any atom is -0.480 e. The number of anilines is 1. The van der Waals surface area contributed by atoms with Crippen molar-refractivity contribution in [3.63, 3.8) is 0 Å². The third kappa shape index (κ3) is 4.83. The van der Waals surface area contributed by atoms with Gasteiger partial charge in [0.15, 0.2) is 15.6 Å². The van der Waals surface area contributed by atoms with Crippen molar-refractivity contribution in [2.75, 3.05) is 17.6 Å². The van der Waals surface area contributed by atoms with Gasteiger partial charge in [-0.2, -0.15) is 0 Å². The van der Waals surface area contributed by atoms with E-state index in [0.717, 1.165) is 12.1 Å². The number of benzene rings is 2. The first-order chi connectivity index (χ1) is 11.7. The Labute approximate surface area is 149 Å². The second kappa shape index (κ2) is 7.71. The van der Waals surface area contributed by atoms with E-state index in [4.69, 9.17) is 21.4 Å². The molecule has 0 atom stereocenters. The average molecular weight is 388 g/mol. The Bertz CT molecular complexity index is 901. The number of hydrogen-bond acceptors (Lipinski definition) is 5. The number of rotatable bonds is 7. The lowest BCUT2D eigenvalue weighted by Gasteiger charge is -2.14. The normalized spacial score (nSPS) is 11.2. The van der Waals surface area contributed by atoms with Gasteiger partial charge in [0.1, 0.15) is 18.1 Å². The predicted octanol–water partition coefficient (Wildman–Crippen LogP) is 3.56. The summed E-state index contributed by atoms with van der Waals surface area (Å²) in [4.78, 5) is 10.7. The number of sulfone groups is 1. The first-order valence-electron chi connectivity index (χ1n) is 7.18. The molecule has 0 fully saturated rings. The lowest BCUT2D eigenvalue weighted by molar-refractivity contribution is -0.134. The van der Waals surface area contributed by atoms with Crippen molar-refractivity contribution < 1.29 is 27.4 Å². The zero-order chi connectivity index (χ0) is 18.6. The van der Waals surface area contributed by atoms with Crippen LogP contribution < -0.4 is 10.1 Å². The smallest absolute Gasteiger partial charge is 0.322 e. The largest absolute Gasteiger partial charge is 0.480 e. The molecule has 0 aliphatic rings. The van der Waals surface area contributed by atoms with Gasteiger partial charge in [-0.3, -0.25) is 4.79 Å². The van der Waals surface area contributed by atoms with Gasteiger partial charge in [0.25, 0.3) is 0 Å². The number of nitrogens with one attached hydrogen (secondary N) is 1. The summed E-state index contributed by atoms with van der Waals surface area (Å²) in [6, 6.07) is 7.49. The Morgan fingerprint density at radius 1 is 1.24 bits per heavy atom. The van der Waals surface area contributed by atoms with Gasteiger partial charge in [0.2, 0.25) is 0 Å². The highest BCUT2D eigenvalue weighted by molar-refractivity contribution is 7.91. The molecule has 0 heterocycles. The van der Waals surface area contributed by atoms with Crippen molar-refractivity contribution in [1.29, 1.82) is 0 Å². The molecular weight excluding hydrogens is 373 g/mol. The zero-order valence-corrected chi connectivity index (χ0v) is 14.7. The maximum Gasteiger partial charge on any atom is 0.322 e. The molecule has 2 rings (SSSR count). The molecule has 6 nitrogen and oxygen atoms in total. The second-order valence-electron chi connectivity index (χ2n) is 4.99. The van der Waals surface area contributed by atoms with Gasteiger partial charge < -0.3 is 15.2 Å². The number of hydrogen-bond donors (Lipinski definition) is 2. The van der Waals surface area contributed by atoms with Gasteiger partial charge in [-0.1, -0.05) is 18.5 Å². The summed E-state index contributed by atoms with van der Waals surface area (Å²) in [6.45, 7) is 1.13. The number of halogens is 2. The van der Waals surface area contributed by atoms with Crippen molar-refractivity contribution in [3.8, 4) is 11.5 Å². The van der Waals surface area contributed by atoms with E-state index in [1.54, 1.807) is 0 Å². The van der Waals surface area contributed by atoms with Gasteiger partial charge in [0.05, 0.1) is 21.4 Å². The standard InChI is InChI=1S/C16H15ClFNO5S/c1-2-25(22,23)11-4-6-14(12(17)8-11)24-15-7-10(18)3-5-13(15)19-9-16(20)21/h3-8,19H,2,9H2,1H3,(H,20,21). The summed E-state index contributed by atoms with van der Waals surface area (Å²) >= 11 is 6.06. The molecule has 0 radical (unpaired) electrons. The van der Waals surface area contributed by atoms with E-state index in [-0.39, 0.29) is 39.4 Å². The third-order valence-electron chi connectivity index (χ3n) is 3.24. The highest BCUT2D eigenvalue weighted by atomic mass is 35.5.